The number of aryl methyl sites for hydroxylation is 4. The lowest BCUT2D eigenvalue weighted by Crippen LogP contribution is -3.14. The van der Waals surface area contributed by atoms with E-state index >= 15 is 0 Å². The number of anilines is 1. The first-order valence-electron chi connectivity index (χ1n) is 9.88. The molecule has 1 aromatic heterocycles. The number of rotatable bonds is 7. The van der Waals surface area contributed by atoms with Gasteiger partial charge in [-0.1, -0.05) is 17.7 Å². The lowest BCUT2D eigenvalue weighted by atomic mass is 10.0. The SMILES string of the molecule is CC(=O)c1c(C)[nH]c(C(=O)[C@@H](C)[NH+](C)CC(=O)Nc2c(C)cc(C)cc2C)c1C. The molecule has 0 radical (unpaired) electrons. The summed E-state index contributed by atoms with van der Waals surface area (Å²) in [6.45, 7) is 13.0. The molecule has 3 N–H and O–H groups in total. The van der Waals surface area contributed by atoms with E-state index in [-0.39, 0.29) is 24.0 Å². The van der Waals surface area contributed by atoms with Gasteiger partial charge in [0.15, 0.2) is 18.4 Å². The normalized spacial score (nSPS) is 13.1. The van der Waals surface area contributed by atoms with Crippen LogP contribution in [-0.4, -0.2) is 42.1 Å². The van der Waals surface area contributed by atoms with Crippen LogP contribution in [0, 0.1) is 34.6 Å². The number of likely N-dealkylation sites (N-methyl/N-ethyl adjacent to an activating group) is 1. The number of carbonyl (C=O) groups excluding carboxylic acids is 3. The van der Waals surface area contributed by atoms with Crippen LogP contribution >= 0.6 is 0 Å². The van der Waals surface area contributed by atoms with Crippen LogP contribution in [-0.2, 0) is 4.79 Å². The van der Waals surface area contributed by atoms with Crippen molar-refractivity contribution in [2.24, 2.45) is 0 Å². The van der Waals surface area contributed by atoms with Crippen molar-refractivity contribution in [1.29, 1.82) is 0 Å². The Morgan fingerprint density at radius 2 is 1.62 bits per heavy atom. The van der Waals surface area contributed by atoms with E-state index in [1.807, 2.05) is 40.0 Å². The van der Waals surface area contributed by atoms with Crippen LogP contribution in [0.5, 0.6) is 0 Å². The fourth-order valence-electron chi connectivity index (χ4n) is 3.93. The second-order valence-electron chi connectivity index (χ2n) is 8.11. The fourth-order valence-corrected chi connectivity index (χ4v) is 3.93. The van der Waals surface area contributed by atoms with Crippen molar-refractivity contribution in [3.05, 3.63) is 51.3 Å². The number of aromatic amines is 1. The average Bonchev–Trinajstić information content (AvgIpc) is 2.91. The third-order valence-corrected chi connectivity index (χ3v) is 5.55. The molecule has 29 heavy (non-hydrogen) atoms. The Morgan fingerprint density at radius 1 is 1.07 bits per heavy atom. The minimum Gasteiger partial charge on any atom is -0.355 e. The van der Waals surface area contributed by atoms with Gasteiger partial charge >= 0.3 is 0 Å². The Labute approximate surface area is 172 Å². The maximum Gasteiger partial charge on any atom is 0.279 e. The van der Waals surface area contributed by atoms with Gasteiger partial charge in [-0.25, -0.2) is 0 Å². The van der Waals surface area contributed by atoms with Crippen LogP contribution in [0.3, 0.4) is 0 Å². The third-order valence-electron chi connectivity index (χ3n) is 5.55. The van der Waals surface area contributed by atoms with E-state index in [4.69, 9.17) is 0 Å². The predicted octanol–water partition coefficient (Wildman–Crippen LogP) is 2.48. The molecule has 0 aliphatic rings. The van der Waals surface area contributed by atoms with Gasteiger partial charge in [0, 0.05) is 16.9 Å². The summed E-state index contributed by atoms with van der Waals surface area (Å²) >= 11 is 0. The average molecular weight is 399 g/mol. The first-order chi connectivity index (χ1) is 13.4. The number of hydrogen-bond donors (Lipinski definition) is 3. The Kier molecular flexibility index (Phi) is 6.80. The van der Waals surface area contributed by atoms with E-state index in [9.17, 15) is 14.4 Å². The third kappa shape index (κ3) is 4.82. The number of carbonyl (C=O) groups is 3. The highest BCUT2D eigenvalue weighted by atomic mass is 16.2. The molecule has 1 heterocycles. The van der Waals surface area contributed by atoms with Gasteiger partial charge in [-0.3, -0.25) is 14.4 Å². The molecule has 6 heteroatoms. The summed E-state index contributed by atoms with van der Waals surface area (Å²) < 4.78 is 0. The smallest absolute Gasteiger partial charge is 0.279 e. The Hall–Kier alpha value is -2.73. The summed E-state index contributed by atoms with van der Waals surface area (Å²) in [5, 5.41) is 2.99. The number of aromatic nitrogens is 1. The highest BCUT2D eigenvalue weighted by Gasteiger charge is 2.29. The molecule has 1 amide bonds. The standard InChI is InChI=1S/C23H31N3O3/c1-12-9-13(2)21(14(3)10-12)25-19(28)11-26(8)17(6)23(29)22-15(4)20(18(7)27)16(5)24-22/h9-10,17,24H,11H2,1-8H3,(H,25,28)/p+1/t17-/m1/s1. The monoisotopic (exact) mass is 398 g/mol. The van der Waals surface area contributed by atoms with E-state index in [0.717, 1.165) is 27.3 Å². The zero-order valence-corrected chi connectivity index (χ0v) is 18.7. The van der Waals surface area contributed by atoms with Crippen molar-refractivity contribution in [3.8, 4) is 0 Å². The summed E-state index contributed by atoms with van der Waals surface area (Å²) in [6.07, 6.45) is 0. The molecule has 2 rings (SSSR count). The summed E-state index contributed by atoms with van der Waals surface area (Å²) in [7, 11) is 1.83. The topological polar surface area (TPSA) is 83.5 Å². The first-order valence-corrected chi connectivity index (χ1v) is 9.88. The van der Waals surface area contributed by atoms with Gasteiger partial charge in [-0.05, 0) is 65.2 Å². The van der Waals surface area contributed by atoms with Crippen molar-refractivity contribution in [2.45, 2.75) is 54.5 Å². The zero-order valence-electron chi connectivity index (χ0n) is 18.7. The molecule has 0 aliphatic heterocycles. The quantitative estimate of drug-likeness (QED) is 0.627. The number of ketones is 2. The highest BCUT2D eigenvalue weighted by Crippen LogP contribution is 2.22. The first kappa shape index (κ1) is 22.6. The van der Waals surface area contributed by atoms with Crippen molar-refractivity contribution in [3.63, 3.8) is 0 Å². The molecule has 0 bridgehead atoms. The molecule has 0 aliphatic carbocycles. The van der Waals surface area contributed by atoms with Crippen molar-refractivity contribution in [1.82, 2.24) is 4.98 Å². The van der Waals surface area contributed by atoms with Gasteiger partial charge in [0.25, 0.3) is 5.91 Å². The predicted molar refractivity (Wildman–Crippen MR) is 115 cm³/mol. The van der Waals surface area contributed by atoms with Gasteiger partial charge in [0.2, 0.25) is 5.78 Å². The lowest BCUT2D eigenvalue weighted by Gasteiger charge is -2.21. The molecule has 0 saturated heterocycles. The summed E-state index contributed by atoms with van der Waals surface area (Å²) in [4.78, 5) is 41.3. The van der Waals surface area contributed by atoms with Crippen molar-refractivity contribution in [2.75, 3.05) is 18.9 Å². The number of quaternary nitrogens is 1. The molecule has 1 aromatic carbocycles. The fraction of sp³-hybridized carbons (Fsp3) is 0.435. The molecule has 1 unspecified atom stereocenters. The van der Waals surface area contributed by atoms with Gasteiger partial charge in [-0.15, -0.1) is 0 Å². The van der Waals surface area contributed by atoms with Crippen molar-refractivity contribution < 1.29 is 19.3 Å². The van der Waals surface area contributed by atoms with Crippen LogP contribution in [0.25, 0.3) is 0 Å². The number of Topliss-reactive ketones (excluding diaryl/α,β-unsaturated/α-hetero) is 2. The Morgan fingerprint density at radius 3 is 2.10 bits per heavy atom. The van der Waals surface area contributed by atoms with E-state index in [0.29, 0.717) is 22.5 Å². The Balaban J connectivity index is 2.12. The van der Waals surface area contributed by atoms with Crippen LogP contribution in [0.2, 0.25) is 0 Å². The van der Waals surface area contributed by atoms with Crippen molar-refractivity contribution >= 4 is 23.2 Å². The second-order valence-corrected chi connectivity index (χ2v) is 8.11. The largest absolute Gasteiger partial charge is 0.355 e. The number of nitrogens with one attached hydrogen (secondary N) is 3. The number of amides is 1. The zero-order chi connectivity index (χ0) is 22.0. The van der Waals surface area contributed by atoms with Crippen LogP contribution in [0.4, 0.5) is 5.69 Å². The van der Waals surface area contributed by atoms with E-state index in [1.165, 1.54) is 6.92 Å². The number of hydrogen-bond acceptors (Lipinski definition) is 3. The molecule has 2 aromatic rings. The van der Waals surface area contributed by atoms with Crippen LogP contribution < -0.4 is 10.2 Å². The van der Waals surface area contributed by atoms with E-state index in [2.05, 4.69) is 10.3 Å². The number of benzene rings is 1. The summed E-state index contributed by atoms with van der Waals surface area (Å²) in [5.41, 5.74) is 6.42. The van der Waals surface area contributed by atoms with Gasteiger partial charge in [-0.2, -0.15) is 0 Å². The summed E-state index contributed by atoms with van der Waals surface area (Å²) in [6, 6.07) is 3.64. The molecule has 0 spiro atoms. The Bertz CT molecular complexity index is 949. The minimum atomic E-state index is -0.433. The van der Waals surface area contributed by atoms with E-state index in [1.54, 1.807) is 20.8 Å². The van der Waals surface area contributed by atoms with Gasteiger partial charge in [0.1, 0.15) is 0 Å². The summed E-state index contributed by atoms with van der Waals surface area (Å²) in [5.74, 6) is -0.306. The molecule has 6 nitrogen and oxygen atoms in total. The minimum absolute atomic E-state index is 0.0631. The molecule has 156 valence electrons. The maximum atomic E-state index is 13.0. The van der Waals surface area contributed by atoms with Gasteiger partial charge in [0.05, 0.1) is 12.7 Å². The number of H-pyrrole nitrogens is 1. The lowest BCUT2D eigenvalue weighted by molar-refractivity contribution is -0.885. The second kappa shape index (κ2) is 8.74. The molecule has 0 saturated carbocycles. The molecular formula is C23H32N3O3+. The van der Waals surface area contributed by atoms with Crippen LogP contribution in [0.1, 0.15) is 62.6 Å². The molecular weight excluding hydrogens is 366 g/mol. The van der Waals surface area contributed by atoms with E-state index < -0.39 is 6.04 Å². The molecule has 0 fully saturated rings. The van der Waals surface area contributed by atoms with Gasteiger partial charge < -0.3 is 15.2 Å². The highest BCUT2D eigenvalue weighted by molar-refractivity contribution is 6.04. The van der Waals surface area contributed by atoms with Crippen LogP contribution in [0.15, 0.2) is 12.1 Å². The molecule has 2 atom stereocenters. The maximum absolute atomic E-state index is 13.0.